The van der Waals surface area contributed by atoms with E-state index in [2.05, 4.69) is 219 Å². The number of nitrogens with zero attached hydrogens (tertiary/aromatic N) is 1. The predicted octanol–water partition coefficient (Wildman–Crippen LogP) is 17.4. The summed E-state index contributed by atoms with van der Waals surface area (Å²) in [6.07, 6.45) is 0. The maximum Gasteiger partial charge on any atom is 0.136 e. The van der Waals surface area contributed by atoms with Crippen LogP contribution >= 0.6 is 0 Å². The highest BCUT2D eigenvalue weighted by Gasteiger charge is 2.37. The Morgan fingerprint density at radius 1 is 0.359 bits per heavy atom. The summed E-state index contributed by atoms with van der Waals surface area (Å²) >= 11 is 0. The lowest BCUT2D eigenvalue weighted by Crippen LogP contribution is -2.16. The van der Waals surface area contributed by atoms with E-state index in [1.165, 1.54) is 44.2 Å². The molecule has 0 fully saturated rings. The molecule has 0 bridgehead atoms. The smallest absolute Gasteiger partial charge is 0.136 e. The van der Waals surface area contributed by atoms with Crippen molar-refractivity contribution >= 4 is 71.7 Å². The molecule has 1 aliphatic rings. The third-order valence-corrected chi connectivity index (χ3v) is 13.7. The quantitative estimate of drug-likeness (QED) is 0.167. The summed E-state index contributed by atoms with van der Waals surface area (Å²) in [5.41, 5.74) is 19.1. The van der Waals surface area contributed by atoms with Crippen LogP contribution in [-0.2, 0) is 5.41 Å². The topological polar surface area (TPSA) is 29.5 Å². The number of hydrogen-bond acceptors (Lipinski definition) is 3. The molecule has 12 aromatic rings. The van der Waals surface area contributed by atoms with Crippen LogP contribution in [0.3, 0.4) is 0 Å². The van der Waals surface area contributed by atoms with E-state index < -0.39 is 0 Å². The molecular weight excluding hydrogens is 779 g/mol. The van der Waals surface area contributed by atoms with E-state index in [4.69, 9.17) is 8.83 Å². The van der Waals surface area contributed by atoms with Crippen molar-refractivity contribution in [2.45, 2.75) is 19.3 Å². The Hall–Kier alpha value is -8.14. The number of anilines is 3. The van der Waals surface area contributed by atoms with E-state index in [1.807, 2.05) is 12.1 Å². The van der Waals surface area contributed by atoms with Crippen LogP contribution in [0.5, 0.6) is 0 Å². The minimum absolute atomic E-state index is 0.117. The first-order valence-corrected chi connectivity index (χ1v) is 22.1. The summed E-state index contributed by atoms with van der Waals surface area (Å²) in [4.78, 5) is 2.40. The van der Waals surface area contributed by atoms with Crippen molar-refractivity contribution in [3.63, 3.8) is 0 Å². The molecule has 0 amide bonds. The van der Waals surface area contributed by atoms with Gasteiger partial charge in [-0.3, -0.25) is 0 Å². The lowest BCUT2D eigenvalue weighted by atomic mass is 9.79. The van der Waals surface area contributed by atoms with Gasteiger partial charge < -0.3 is 13.7 Å². The molecular formula is C61H41NO2. The second-order valence-electron chi connectivity index (χ2n) is 17.6. The van der Waals surface area contributed by atoms with Crippen LogP contribution in [0.25, 0.3) is 99.2 Å². The van der Waals surface area contributed by atoms with Gasteiger partial charge in [0.15, 0.2) is 0 Å². The van der Waals surface area contributed by atoms with E-state index in [0.29, 0.717) is 0 Å². The van der Waals surface area contributed by atoms with Crippen LogP contribution in [0.15, 0.2) is 221 Å². The minimum atomic E-state index is -0.117. The summed E-state index contributed by atoms with van der Waals surface area (Å²) < 4.78 is 12.8. The first kappa shape index (κ1) is 36.5. The molecule has 2 heterocycles. The lowest BCUT2D eigenvalue weighted by molar-refractivity contribution is 0.662. The van der Waals surface area contributed by atoms with Gasteiger partial charge in [0, 0.05) is 43.9 Å². The van der Waals surface area contributed by atoms with E-state index in [-0.39, 0.29) is 5.41 Å². The molecule has 13 rings (SSSR count). The molecule has 10 aromatic carbocycles. The average molecular weight is 820 g/mol. The molecule has 0 saturated carbocycles. The van der Waals surface area contributed by atoms with Crippen molar-refractivity contribution in [1.82, 2.24) is 0 Å². The Morgan fingerprint density at radius 2 is 0.938 bits per heavy atom. The molecule has 64 heavy (non-hydrogen) atoms. The van der Waals surface area contributed by atoms with Crippen molar-refractivity contribution in [3.8, 4) is 44.5 Å². The molecule has 0 radical (unpaired) electrons. The van der Waals surface area contributed by atoms with E-state index in [1.54, 1.807) is 0 Å². The molecule has 0 N–H and O–H groups in total. The van der Waals surface area contributed by atoms with Crippen molar-refractivity contribution < 1.29 is 8.83 Å². The largest absolute Gasteiger partial charge is 0.456 e. The highest BCUT2D eigenvalue weighted by Crippen LogP contribution is 2.53. The van der Waals surface area contributed by atoms with E-state index in [0.717, 1.165) is 83.2 Å². The van der Waals surface area contributed by atoms with Crippen LogP contribution in [-0.4, -0.2) is 0 Å². The normalized spacial score (nSPS) is 13.0. The summed E-state index contributed by atoms with van der Waals surface area (Å²) in [6.45, 7) is 4.72. The molecule has 0 aliphatic heterocycles. The number of fused-ring (bicyclic) bond motifs is 10. The third-order valence-electron chi connectivity index (χ3n) is 13.7. The molecule has 0 atom stereocenters. The minimum Gasteiger partial charge on any atom is -0.456 e. The van der Waals surface area contributed by atoms with Gasteiger partial charge in [0.05, 0.1) is 5.69 Å². The highest BCUT2D eigenvalue weighted by molar-refractivity contribution is 6.16. The predicted molar refractivity (Wildman–Crippen MR) is 267 cm³/mol. The number of hydrogen-bond donors (Lipinski definition) is 0. The SMILES string of the molecule is CC1(C)c2ccccc2-c2cccc(-c3ccc(N(c4ccc(-c5ccc6oc7ccccc7c6c5)cc4)c4ccccc4-c4cccc5oc6cc7ccccc7cc6c45)cc3)c21. The Labute approximate surface area is 371 Å². The van der Waals surface area contributed by atoms with Gasteiger partial charge in [0.1, 0.15) is 22.3 Å². The van der Waals surface area contributed by atoms with Crippen LogP contribution in [0.4, 0.5) is 17.1 Å². The summed E-state index contributed by atoms with van der Waals surface area (Å²) in [5.74, 6) is 0. The number of rotatable bonds is 6. The average Bonchev–Trinajstić information content (AvgIpc) is 3.98. The van der Waals surface area contributed by atoms with E-state index >= 15 is 0 Å². The van der Waals surface area contributed by atoms with Crippen LogP contribution in [0, 0.1) is 0 Å². The summed E-state index contributed by atoms with van der Waals surface area (Å²) in [7, 11) is 0. The van der Waals surface area contributed by atoms with Crippen molar-refractivity contribution in [3.05, 3.63) is 223 Å². The highest BCUT2D eigenvalue weighted by atomic mass is 16.3. The molecule has 0 spiro atoms. The number of benzene rings is 10. The summed E-state index contributed by atoms with van der Waals surface area (Å²) in [5, 5.41) is 6.84. The fraction of sp³-hybridized carbons (Fsp3) is 0.0492. The fourth-order valence-corrected chi connectivity index (χ4v) is 10.6. The Kier molecular flexibility index (Phi) is 7.95. The number of furan rings is 2. The van der Waals surface area contributed by atoms with Crippen LogP contribution in [0.1, 0.15) is 25.0 Å². The fourth-order valence-electron chi connectivity index (χ4n) is 10.6. The maximum atomic E-state index is 6.60. The van der Waals surface area contributed by atoms with Gasteiger partial charge in [-0.1, -0.05) is 159 Å². The molecule has 302 valence electrons. The van der Waals surface area contributed by atoms with Crippen molar-refractivity contribution in [2.75, 3.05) is 4.90 Å². The lowest BCUT2D eigenvalue weighted by Gasteiger charge is -2.29. The van der Waals surface area contributed by atoms with Gasteiger partial charge in [-0.05, 0) is 128 Å². The Morgan fingerprint density at radius 3 is 1.77 bits per heavy atom. The second kappa shape index (κ2) is 13.9. The first-order chi connectivity index (χ1) is 31.5. The molecule has 3 nitrogen and oxygen atoms in total. The monoisotopic (exact) mass is 819 g/mol. The van der Waals surface area contributed by atoms with Gasteiger partial charge in [0.25, 0.3) is 0 Å². The molecule has 1 aliphatic carbocycles. The molecule has 0 saturated heterocycles. The van der Waals surface area contributed by atoms with Crippen LogP contribution in [0.2, 0.25) is 0 Å². The zero-order valence-corrected chi connectivity index (χ0v) is 35.5. The first-order valence-electron chi connectivity index (χ1n) is 22.1. The van der Waals surface area contributed by atoms with Gasteiger partial charge in [-0.15, -0.1) is 0 Å². The van der Waals surface area contributed by atoms with Gasteiger partial charge in [-0.25, -0.2) is 0 Å². The Bertz CT molecular complexity index is 3810. The zero-order valence-electron chi connectivity index (χ0n) is 35.5. The van der Waals surface area contributed by atoms with Gasteiger partial charge >= 0.3 is 0 Å². The van der Waals surface area contributed by atoms with E-state index in [9.17, 15) is 0 Å². The summed E-state index contributed by atoms with van der Waals surface area (Å²) in [6, 6.07) is 76.7. The Balaban J connectivity index is 0.969. The molecule has 0 unspecified atom stereocenters. The number of para-hydroxylation sites is 2. The van der Waals surface area contributed by atoms with Crippen molar-refractivity contribution in [1.29, 1.82) is 0 Å². The second-order valence-corrected chi connectivity index (χ2v) is 17.6. The maximum absolute atomic E-state index is 6.60. The third kappa shape index (κ3) is 5.54. The molecule has 3 heteroatoms. The standard InChI is InChI=1S/C61H41NO2/c1-61(2)53-21-8-5-15-46(53)50-20-11-18-45(60(50)61)39-27-32-44(33-28-39)62(43-30-25-38(26-31-43)42-29-34-56-51(35-42)48-17-7-10-23-55(48)63-56)54-22-9-6-16-47(54)49-19-12-24-57-59(49)52-36-40-13-3-4-14-41(40)37-58(52)64-57/h3-37H,1-2H3. The van der Waals surface area contributed by atoms with Crippen LogP contribution < -0.4 is 4.90 Å². The molecule has 2 aromatic heterocycles. The van der Waals surface area contributed by atoms with Gasteiger partial charge in [-0.2, -0.15) is 0 Å². The zero-order chi connectivity index (χ0) is 42.5. The van der Waals surface area contributed by atoms with Gasteiger partial charge in [0.2, 0.25) is 0 Å². The van der Waals surface area contributed by atoms with Crippen molar-refractivity contribution in [2.24, 2.45) is 0 Å².